The van der Waals surface area contributed by atoms with Crippen molar-refractivity contribution in [3.63, 3.8) is 0 Å². The van der Waals surface area contributed by atoms with Crippen molar-refractivity contribution in [3.05, 3.63) is 34.2 Å². The van der Waals surface area contributed by atoms with Crippen LogP contribution in [0.15, 0.2) is 23.1 Å². The molecule has 0 radical (unpaired) electrons. The summed E-state index contributed by atoms with van der Waals surface area (Å²) < 4.78 is 40.9. The van der Waals surface area contributed by atoms with Crippen molar-refractivity contribution >= 4 is 5.97 Å². The number of hydrogen-bond donors (Lipinski definition) is 1. The van der Waals surface area contributed by atoms with Gasteiger partial charge in [-0.3, -0.25) is 14.4 Å². The molecule has 0 amide bonds. The quantitative estimate of drug-likeness (QED) is 0.870. The number of hydrogen-bond acceptors (Lipinski definition) is 4. The summed E-state index contributed by atoms with van der Waals surface area (Å²) in [6, 6.07) is 2.65. The van der Waals surface area contributed by atoms with E-state index in [1.807, 2.05) is 0 Å². The van der Waals surface area contributed by atoms with Gasteiger partial charge in [0, 0.05) is 32.4 Å². The van der Waals surface area contributed by atoms with Crippen LogP contribution in [0.3, 0.4) is 0 Å². The molecule has 1 N–H and O–H groups in total. The molecule has 1 fully saturated rings. The predicted molar refractivity (Wildman–Crippen MR) is 65.0 cm³/mol. The Kier molecular flexibility index (Phi) is 4.33. The van der Waals surface area contributed by atoms with Crippen LogP contribution in [-0.2, 0) is 11.3 Å². The van der Waals surface area contributed by atoms with Gasteiger partial charge in [-0.1, -0.05) is 0 Å². The SMILES string of the molecule is O=C(O)c1cccn(CCN2CC(OC(F)(F)F)C2)c1=O. The molecule has 1 saturated heterocycles. The van der Waals surface area contributed by atoms with E-state index in [0.717, 1.165) is 0 Å². The van der Waals surface area contributed by atoms with Crippen molar-refractivity contribution in [3.8, 4) is 0 Å². The van der Waals surface area contributed by atoms with Crippen molar-refractivity contribution in [2.45, 2.75) is 19.0 Å². The zero-order valence-corrected chi connectivity index (χ0v) is 10.8. The monoisotopic (exact) mass is 306 g/mol. The minimum Gasteiger partial charge on any atom is -0.477 e. The number of halogens is 3. The van der Waals surface area contributed by atoms with Gasteiger partial charge in [-0.05, 0) is 12.1 Å². The van der Waals surface area contributed by atoms with Gasteiger partial charge in [-0.15, -0.1) is 13.2 Å². The Morgan fingerprint density at radius 1 is 1.38 bits per heavy atom. The number of aromatic nitrogens is 1. The van der Waals surface area contributed by atoms with E-state index in [2.05, 4.69) is 4.74 Å². The molecule has 2 heterocycles. The first kappa shape index (κ1) is 15.5. The summed E-state index contributed by atoms with van der Waals surface area (Å²) in [6.07, 6.45) is -4.08. The first-order valence-corrected chi connectivity index (χ1v) is 6.16. The molecule has 1 aliphatic rings. The summed E-state index contributed by atoms with van der Waals surface area (Å²) in [4.78, 5) is 24.3. The van der Waals surface area contributed by atoms with E-state index in [1.54, 1.807) is 4.90 Å². The second kappa shape index (κ2) is 5.86. The molecule has 0 saturated carbocycles. The largest absolute Gasteiger partial charge is 0.522 e. The highest BCUT2D eigenvalue weighted by Crippen LogP contribution is 2.23. The Labute approximate surface area is 117 Å². The fourth-order valence-corrected chi connectivity index (χ4v) is 2.09. The van der Waals surface area contributed by atoms with E-state index in [0.29, 0.717) is 6.54 Å². The number of likely N-dealkylation sites (tertiary alicyclic amines) is 1. The minimum absolute atomic E-state index is 0.132. The van der Waals surface area contributed by atoms with Crippen LogP contribution in [0.1, 0.15) is 10.4 Å². The minimum atomic E-state index is -4.64. The molecule has 0 spiro atoms. The number of carbonyl (C=O) groups is 1. The van der Waals surface area contributed by atoms with Crippen LogP contribution < -0.4 is 5.56 Å². The summed E-state index contributed by atoms with van der Waals surface area (Å²) in [6.45, 7) is 0.819. The zero-order chi connectivity index (χ0) is 15.6. The molecule has 0 unspecified atom stereocenters. The van der Waals surface area contributed by atoms with Crippen LogP contribution in [0.2, 0.25) is 0 Å². The number of carboxylic acids is 1. The van der Waals surface area contributed by atoms with E-state index in [1.165, 1.54) is 22.9 Å². The number of aromatic carboxylic acids is 1. The van der Waals surface area contributed by atoms with Gasteiger partial charge >= 0.3 is 12.3 Å². The number of rotatable bonds is 5. The lowest BCUT2D eigenvalue weighted by atomic mass is 10.1. The molecule has 6 nitrogen and oxygen atoms in total. The van der Waals surface area contributed by atoms with Crippen LogP contribution in [-0.4, -0.2) is 52.6 Å². The highest BCUT2D eigenvalue weighted by atomic mass is 19.4. The van der Waals surface area contributed by atoms with Crippen LogP contribution in [0, 0.1) is 0 Å². The third kappa shape index (κ3) is 4.05. The fraction of sp³-hybridized carbons (Fsp3) is 0.500. The predicted octanol–water partition coefficient (Wildman–Crippen LogP) is 0.767. The molecular weight excluding hydrogens is 293 g/mol. The molecule has 0 atom stereocenters. The summed E-state index contributed by atoms with van der Waals surface area (Å²) in [5.74, 6) is -1.31. The Balaban J connectivity index is 1.85. The molecule has 2 rings (SSSR count). The van der Waals surface area contributed by atoms with Gasteiger partial charge < -0.3 is 9.67 Å². The number of pyridine rings is 1. The highest BCUT2D eigenvalue weighted by molar-refractivity contribution is 5.86. The average Bonchev–Trinajstić information content (AvgIpc) is 2.31. The molecule has 1 aromatic heterocycles. The molecule has 0 bridgehead atoms. The number of carboxylic acid groups (broad SMARTS) is 1. The highest BCUT2D eigenvalue weighted by Gasteiger charge is 2.38. The van der Waals surface area contributed by atoms with Gasteiger partial charge in [0.1, 0.15) is 5.56 Å². The van der Waals surface area contributed by atoms with Crippen molar-refractivity contribution in [2.75, 3.05) is 19.6 Å². The third-order valence-electron chi connectivity index (χ3n) is 3.13. The molecule has 116 valence electrons. The smallest absolute Gasteiger partial charge is 0.477 e. The second-order valence-electron chi connectivity index (χ2n) is 4.67. The van der Waals surface area contributed by atoms with E-state index < -0.39 is 24.0 Å². The third-order valence-corrected chi connectivity index (χ3v) is 3.13. The molecule has 21 heavy (non-hydrogen) atoms. The molecule has 9 heteroatoms. The van der Waals surface area contributed by atoms with Crippen molar-refractivity contribution < 1.29 is 27.8 Å². The van der Waals surface area contributed by atoms with E-state index in [-0.39, 0.29) is 25.2 Å². The first-order chi connectivity index (χ1) is 9.76. The van der Waals surface area contributed by atoms with Gasteiger partial charge in [0.15, 0.2) is 0 Å². The molecular formula is C12H13F3N2O4. The number of ether oxygens (including phenoxy) is 1. The van der Waals surface area contributed by atoms with Gasteiger partial charge in [0.2, 0.25) is 0 Å². The number of alkyl halides is 3. The summed E-state index contributed by atoms with van der Waals surface area (Å²) in [5, 5.41) is 8.82. The Morgan fingerprint density at radius 3 is 2.62 bits per heavy atom. The fourth-order valence-electron chi connectivity index (χ4n) is 2.09. The van der Waals surface area contributed by atoms with Gasteiger partial charge in [0.05, 0.1) is 6.10 Å². The number of nitrogens with zero attached hydrogens (tertiary/aromatic N) is 2. The molecule has 1 aromatic rings. The van der Waals surface area contributed by atoms with E-state index in [9.17, 15) is 22.8 Å². The lowest BCUT2D eigenvalue weighted by molar-refractivity contribution is -0.354. The van der Waals surface area contributed by atoms with Crippen molar-refractivity contribution in [1.29, 1.82) is 0 Å². The Hall–Kier alpha value is -1.87. The summed E-state index contributed by atoms with van der Waals surface area (Å²) in [5.41, 5.74) is -0.965. The zero-order valence-electron chi connectivity index (χ0n) is 10.8. The van der Waals surface area contributed by atoms with Gasteiger partial charge in [-0.2, -0.15) is 0 Å². The lowest BCUT2D eigenvalue weighted by Crippen LogP contribution is -2.54. The average molecular weight is 306 g/mol. The standard InChI is InChI=1S/C12H13F3N2O4/c13-12(14,15)21-8-6-16(7-8)4-5-17-3-1-2-9(10(17)18)11(19)20/h1-3,8H,4-7H2,(H,19,20). The molecule has 0 aliphatic carbocycles. The van der Waals surface area contributed by atoms with Gasteiger partial charge in [0.25, 0.3) is 5.56 Å². The van der Waals surface area contributed by atoms with Crippen LogP contribution in [0.4, 0.5) is 13.2 Å². The van der Waals surface area contributed by atoms with Crippen molar-refractivity contribution in [1.82, 2.24) is 9.47 Å². The van der Waals surface area contributed by atoms with Crippen LogP contribution in [0.25, 0.3) is 0 Å². The lowest BCUT2D eigenvalue weighted by Gasteiger charge is -2.38. The molecule has 0 aromatic carbocycles. The maximum Gasteiger partial charge on any atom is 0.522 e. The summed E-state index contributed by atoms with van der Waals surface area (Å²) in [7, 11) is 0. The first-order valence-electron chi connectivity index (χ1n) is 6.16. The summed E-state index contributed by atoms with van der Waals surface area (Å²) >= 11 is 0. The molecule has 1 aliphatic heterocycles. The maximum absolute atomic E-state index is 11.9. The second-order valence-corrected chi connectivity index (χ2v) is 4.67. The van der Waals surface area contributed by atoms with Gasteiger partial charge in [-0.25, -0.2) is 4.79 Å². The van der Waals surface area contributed by atoms with Crippen LogP contribution in [0.5, 0.6) is 0 Å². The van der Waals surface area contributed by atoms with E-state index >= 15 is 0 Å². The van der Waals surface area contributed by atoms with Crippen molar-refractivity contribution in [2.24, 2.45) is 0 Å². The Bertz CT molecular complexity index is 579. The topological polar surface area (TPSA) is 71.8 Å². The van der Waals surface area contributed by atoms with E-state index in [4.69, 9.17) is 5.11 Å². The normalized spacial score (nSPS) is 16.7. The van der Waals surface area contributed by atoms with Crippen LogP contribution >= 0.6 is 0 Å². The maximum atomic E-state index is 11.9. The Morgan fingerprint density at radius 2 is 2.05 bits per heavy atom.